The molecule has 1 aromatic heterocycles. The number of amides is 1. The molecule has 2 atom stereocenters. The fraction of sp³-hybridized carbons (Fsp3) is 0.267. The second kappa shape index (κ2) is 10.3. The van der Waals surface area contributed by atoms with Gasteiger partial charge in [-0.3, -0.25) is 4.79 Å². The molecule has 6 nitrogen and oxygen atoms in total. The molecule has 3 aromatic carbocycles. The Kier molecular flexibility index (Phi) is 7.15. The van der Waals surface area contributed by atoms with Gasteiger partial charge >= 0.3 is 5.97 Å². The normalized spacial score (nSPS) is 12.8. The van der Waals surface area contributed by atoms with Crippen molar-refractivity contribution in [2.24, 2.45) is 7.05 Å². The number of benzene rings is 3. The van der Waals surface area contributed by atoms with Gasteiger partial charge in [0, 0.05) is 29.2 Å². The quantitative estimate of drug-likeness (QED) is 0.335. The molecule has 0 aliphatic rings. The lowest BCUT2D eigenvalue weighted by molar-refractivity contribution is -0.144. The van der Waals surface area contributed by atoms with Crippen LogP contribution in [-0.4, -0.2) is 27.7 Å². The Morgan fingerprint density at radius 3 is 2.47 bits per heavy atom. The third kappa shape index (κ3) is 5.28. The first-order chi connectivity index (χ1) is 17.1. The summed E-state index contributed by atoms with van der Waals surface area (Å²) in [6.45, 7) is 7.62. The molecule has 186 valence electrons. The van der Waals surface area contributed by atoms with Crippen molar-refractivity contribution in [1.82, 2.24) is 9.88 Å². The van der Waals surface area contributed by atoms with Crippen LogP contribution in [0.3, 0.4) is 0 Å². The lowest BCUT2D eigenvalue weighted by Gasteiger charge is -2.15. The molecule has 0 fully saturated rings. The lowest BCUT2D eigenvalue weighted by Crippen LogP contribution is -2.26. The molecule has 4 aromatic rings. The summed E-state index contributed by atoms with van der Waals surface area (Å²) >= 11 is 0. The SMILES string of the molecule is Cc1cccc([C@H](C)NC(=O)c2ccc3c(Cc4cccc(OC(C)C(=O)O)c4)c(C)n(C)c3c2)c1. The summed E-state index contributed by atoms with van der Waals surface area (Å²) in [5.74, 6) is -0.580. The van der Waals surface area contributed by atoms with Crippen LogP contribution >= 0.6 is 0 Å². The van der Waals surface area contributed by atoms with E-state index >= 15 is 0 Å². The molecule has 1 heterocycles. The molecule has 1 amide bonds. The number of nitrogens with one attached hydrogen (secondary N) is 1. The van der Waals surface area contributed by atoms with E-state index in [1.54, 1.807) is 6.07 Å². The van der Waals surface area contributed by atoms with Crippen molar-refractivity contribution in [3.63, 3.8) is 0 Å². The molecular weight excluding hydrogens is 452 g/mol. The zero-order valence-corrected chi connectivity index (χ0v) is 21.3. The van der Waals surface area contributed by atoms with Gasteiger partial charge in [0.2, 0.25) is 0 Å². The summed E-state index contributed by atoms with van der Waals surface area (Å²) < 4.78 is 7.65. The molecule has 0 bridgehead atoms. The van der Waals surface area contributed by atoms with Crippen molar-refractivity contribution >= 4 is 22.8 Å². The van der Waals surface area contributed by atoms with Gasteiger partial charge in [0.25, 0.3) is 5.91 Å². The van der Waals surface area contributed by atoms with E-state index in [2.05, 4.69) is 22.9 Å². The Morgan fingerprint density at radius 1 is 1.00 bits per heavy atom. The van der Waals surface area contributed by atoms with Crippen LogP contribution in [0.15, 0.2) is 66.7 Å². The minimum Gasteiger partial charge on any atom is -0.479 e. The number of carbonyl (C=O) groups excluding carboxylic acids is 1. The van der Waals surface area contributed by atoms with Crippen LogP contribution < -0.4 is 10.1 Å². The number of ether oxygens (including phenoxy) is 1. The predicted molar refractivity (Wildman–Crippen MR) is 142 cm³/mol. The van der Waals surface area contributed by atoms with E-state index in [4.69, 9.17) is 9.84 Å². The second-order valence-electron chi connectivity index (χ2n) is 9.39. The maximum atomic E-state index is 13.0. The Balaban J connectivity index is 1.57. The van der Waals surface area contributed by atoms with E-state index < -0.39 is 12.1 Å². The summed E-state index contributed by atoms with van der Waals surface area (Å²) in [4.78, 5) is 24.2. The molecule has 2 N–H and O–H groups in total. The number of carboxylic acid groups (broad SMARTS) is 1. The summed E-state index contributed by atoms with van der Waals surface area (Å²) in [6.07, 6.45) is -0.254. The molecule has 36 heavy (non-hydrogen) atoms. The average molecular weight is 485 g/mol. The van der Waals surface area contributed by atoms with Gasteiger partial charge in [-0.15, -0.1) is 0 Å². The number of aryl methyl sites for hydroxylation is 2. The fourth-order valence-corrected chi connectivity index (χ4v) is 4.50. The van der Waals surface area contributed by atoms with Crippen LogP contribution in [0.25, 0.3) is 10.9 Å². The van der Waals surface area contributed by atoms with Crippen LogP contribution in [0.1, 0.15) is 58.2 Å². The number of carbonyl (C=O) groups is 2. The first-order valence-electron chi connectivity index (χ1n) is 12.1. The Labute approximate surface area is 211 Å². The van der Waals surface area contributed by atoms with Gasteiger partial charge in [0.05, 0.1) is 6.04 Å². The zero-order valence-electron chi connectivity index (χ0n) is 21.3. The molecule has 0 spiro atoms. The summed E-state index contributed by atoms with van der Waals surface area (Å²) in [5.41, 5.74) is 7.14. The maximum absolute atomic E-state index is 13.0. The monoisotopic (exact) mass is 484 g/mol. The molecule has 0 aliphatic carbocycles. The van der Waals surface area contributed by atoms with E-state index in [1.807, 2.05) is 75.5 Å². The molecule has 0 saturated carbocycles. The molecular formula is C30H32N2O4. The highest BCUT2D eigenvalue weighted by Gasteiger charge is 2.18. The van der Waals surface area contributed by atoms with E-state index in [1.165, 1.54) is 6.92 Å². The van der Waals surface area contributed by atoms with Crippen LogP contribution in [0, 0.1) is 13.8 Å². The van der Waals surface area contributed by atoms with E-state index in [9.17, 15) is 9.59 Å². The first-order valence-corrected chi connectivity index (χ1v) is 12.1. The van der Waals surface area contributed by atoms with Gasteiger partial charge < -0.3 is 19.7 Å². The zero-order chi connectivity index (χ0) is 26.0. The molecule has 0 radical (unpaired) electrons. The largest absolute Gasteiger partial charge is 0.479 e. The predicted octanol–water partition coefficient (Wildman–Crippen LogP) is 5.73. The topological polar surface area (TPSA) is 80.6 Å². The summed E-state index contributed by atoms with van der Waals surface area (Å²) in [5, 5.41) is 13.3. The number of fused-ring (bicyclic) bond motifs is 1. The lowest BCUT2D eigenvalue weighted by atomic mass is 10.0. The van der Waals surface area contributed by atoms with Crippen molar-refractivity contribution in [2.45, 2.75) is 46.3 Å². The third-order valence-corrected chi connectivity index (χ3v) is 6.72. The standard InChI is InChI=1S/C30H32N2O4/c1-18-8-6-10-23(14-18)19(2)31-29(33)24-12-13-26-27(20(3)32(5)28(26)17-24)16-22-9-7-11-25(15-22)36-21(4)30(34)35/h6-15,17,19,21H,16H2,1-5H3,(H,31,33)(H,34,35)/t19-,21?/m0/s1. The Morgan fingerprint density at radius 2 is 1.75 bits per heavy atom. The van der Waals surface area contributed by atoms with Crippen molar-refractivity contribution in [3.05, 3.63) is 100 Å². The van der Waals surface area contributed by atoms with Crippen molar-refractivity contribution in [3.8, 4) is 5.75 Å². The molecule has 1 unspecified atom stereocenters. The molecule has 6 heteroatoms. The third-order valence-electron chi connectivity index (χ3n) is 6.72. The minimum absolute atomic E-state index is 0.0999. The Hall–Kier alpha value is -4.06. The smallest absolute Gasteiger partial charge is 0.344 e. The van der Waals surface area contributed by atoms with Crippen LogP contribution in [-0.2, 0) is 18.3 Å². The summed E-state index contributed by atoms with van der Waals surface area (Å²) in [6, 6.07) is 21.4. The summed E-state index contributed by atoms with van der Waals surface area (Å²) in [7, 11) is 2.01. The highest BCUT2D eigenvalue weighted by molar-refractivity contribution is 5.99. The van der Waals surface area contributed by atoms with Crippen LogP contribution in [0.4, 0.5) is 0 Å². The number of hydrogen-bond acceptors (Lipinski definition) is 3. The van der Waals surface area contributed by atoms with Gasteiger partial charge in [-0.1, -0.05) is 48.0 Å². The van der Waals surface area contributed by atoms with Gasteiger partial charge in [0.15, 0.2) is 6.10 Å². The highest BCUT2D eigenvalue weighted by atomic mass is 16.5. The second-order valence-corrected chi connectivity index (χ2v) is 9.39. The number of carboxylic acids is 1. The number of rotatable bonds is 8. The Bertz CT molecular complexity index is 1440. The first kappa shape index (κ1) is 25.0. The maximum Gasteiger partial charge on any atom is 0.344 e. The highest BCUT2D eigenvalue weighted by Crippen LogP contribution is 2.29. The molecule has 0 aliphatic heterocycles. The fourth-order valence-electron chi connectivity index (χ4n) is 4.50. The van der Waals surface area contributed by atoms with Gasteiger partial charge in [-0.25, -0.2) is 4.79 Å². The van der Waals surface area contributed by atoms with Gasteiger partial charge in [-0.2, -0.15) is 0 Å². The van der Waals surface area contributed by atoms with E-state index in [0.29, 0.717) is 17.7 Å². The molecule has 0 saturated heterocycles. The number of aliphatic carboxylic acids is 1. The van der Waals surface area contributed by atoms with Crippen LogP contribution in [0.5, 0.6) is 5.75 Å². The molecule has 4 rings (SSSR count). The van der Waals surface area contributed by atoms with E-state index in [0.717, 1.165) is 38.9 Å². The van der Waals surface area contributed by atoms with Gasteiger partial charge in [-0.05, 0) is 75.1 Å². The van der Waals surface area contributed by atoms with E-state index in [-0.39, 0.29) is 11.9 Å². The van der Waals surface area contributed by atoms with Crippen molar-refractivity contribution in [2.75, 3.05) is 0 Å². The van der Waals surface area contributed by atoms with Crippen molar-refractivity contribution < 1.29 is 19.4 Å². The van der Waals surface area contributed by atoms with Crippen LogP contribution in [0.2, 0.25) is 0 Å². The van der Waals surface area contributed by atoms with Crippen molar-refractivity contribution in [1.29, 1.82) is 0 Å². The average Bonchev–Trinajstić information content (AvgIpc) is 3.08. The number of hydrogen-bond donors (Lipinski definition) is 2. The number of aromatic nitrogens is 1. The minimum atomic E-state index is -1.00. The number of nitrogens with zero attached hydrogens (tertiary/aromatic N) is 1. The van der Waals surface area contributed by atoms with Gasteiger partial charge in [0.1, 0.15) is 5.75 Å².